The predicted molar refractivity (Wildman–Crippen MR) is 66.0 cm³/mol. The molecule has 1 aromatic rings. The largest absolute Gasteiger partial charge is 0.481 e. The smallest absolute Gasteiger partial charge is 0.306 e. The Kier molecular flexibility index (Phi) is 5.74. The monoisotopic (exact) mass is 255 g/mol. The van der Waals surface area contributed by atoms with E-state index < -0.39 is 12.1 Å². The van der Waals surface area contributed by atoms with Crippen LogP contribution in [-0.2, 0) is 11.2 Å². The molecular weight excluding hydrogens is 237 g/mol. The molecule has 100 valence electrons. The summed E-state index contributed by atoms with van der Waals surface area (Å²) in [5, 5.41) is 20.7. The molecule has 0 saturated heterocycles. The molecule has 0 fully saturated rings. The van der Waals surface area contributed by atoms with Gasteiger partial charge in [-0.15, -0.1) is 0 Å². The molecule has 0 heterocycles. The van der Waals surface area contributed by atoms with Crippen LogP contribution in [-0.4, -0.2) is 35.4 Å². The fourth-order valence-corrected chi connectivity index (χ4v) is 1.64. The molecule has 5 heteroatoms. The van der Waals surface area contributed by atoms with E-state index in [-0.39, 0.29) is 18.8 Å². The molecule has 1 atom stereocenters. The Morgan fingerprint density at radius 3 is 2.83 bits per heavy atom. The predicted octanol–water partition coefficient (Wildman–Crippen LogP) is 1.10. The van der Waals surface area contributed by atoms with Crippen LogP contribution >= 0.6 is 0 Å². The molecule has 0 radical (unpaired) electrons. The molecule has 18 heavy (non-hydrogen) atoms. The van der Waals surface area contributed by atoms with Crippen LogP contribution in [0.4, 0.5) is 4.39 Å². The lowest BCUT2D eigenvalue weighted by molar-refractivity contribution is -0.139. The minimum Gasteiger partial charge on any atom is -0.481 e. The van der Waals surface area contributed by atoms with Crippen LogP contribution in [0.3, 0.4) is 0 Å². The van der Waals surface area contributed by atoms with Crippen molar-refractivity contribution in [2.45, 2.75) is 25.9 Å². The van der Waals surface area contributed by atoms with Crippen molar-refractivity contribution in [1.82, 2.24) is 5.32 Å². The van der Waals surface area contributed by atoms with Crippen LogP contribution < -0.4 is 5.32 Å². The molecule has 1 aromatic carbocycles. The number of carboxylic acids is 1. The second kappa shape index (κ2) is 7.08. The Hall–Kier alpha value is -1.46. The number of benzene rings is 1. The van der Waals surface area contributed by atoms with Gasteiger partial charge in [-0.2, -0.15) is 0 Å². The fraction of sp³-hybridized carbons (Fsp3) is 0.462. The third-order valence-electron chi connectivity index (χ3n) is 2.60. The Morgan fingerprint density at radius 1 is 1.50 bits per heavy atom. The molecule has 0 aliphatic rings. The summed E-state index contributed by atoms with van der Waals surface area (Å²) in [6.07, 6.45) is -0.429. The number of aliphatic carboxylic acids is 1. The van der Waals surface area contributed by atoms with Crippen LogP contribution in [0.5, 0.6) is 0 Å². The van der Waals surface area contributed by atoms with E-state index in [0.29, 0.717) is 18.5 Å². The minimum absolute atomic E-state index is 0.219. The topological polar surface area (TPSA) is 69.6 Å². The molecule has 0 spiro atoms. The quantitative estimate of drug-likeness (QED) is 0.638. The van der Waals surface area contributed by atoms with E-state index in [0.717, 1.165) is 5.56 Å². The van der Waals surface area contributed by atoms with Gasteiger partial charge in [0.25, 0.3) is 0 Å². The van der Waals surface area contributed by atoms with Gasteiger partial charge in [0.2, 0.25) is 0 Å². The number of hydrogen-bond acceptors (Lipinski definition) is 3. The number of aliphatic hydroxyl groups excluding tert-OH is 1. The lowest BCUT2D eigenvalue weighted by Gasteiger charge is -2.09. The van der Waals surface area contributed by atoms with Gasteiger partial charge in [0.15, 0.2) is 0 Å². The number of carboxylic acid groups (broad SMARTS) is 1. The number of nitrogens with one attached hydrogen (secondary N) is 1. The van der Waals surface area contributed by atoms with Gasteiger partial charge in [0.1, 0.15) is 5.82 Å². The van der Waals surface area contributed by atoms with Gasteiger partial charge >= 0.3 is 5.97 Å². The maximum Gasteiger partial charge on any atom is 0.306 e. The van der Waals surface area contributed by atoms with Gasteiger partial charge < -0.3 is 15.5 Å². The summed E-state index contributed by atoms with van der Waals surface area (Å²) in [5.41, 5.74) is 1.62. The maximum absolute atomic E-state index is 13.0. The molecule has 1 unspecified atom stereocenters. The van der Waals surface area contributed by atoms with E-state index >= 15 is 0 Å². The lowest BCUT2D eigenvalue weighted by Crippen LogP contribution is -2.30. The zero-order chi connectivity index (χ0) is 13.5. The number of hydrogen-bond donors (Lipinski definition) is 3. The van der Waals surface area contributed by atoms with E-state index in [2.05, 4.69) is 5.32 Å². The van der Waals surface area contributed by atoms with Crippen LogP contribution in [0, 0.1) is 12.7 Å². The van der Waals surface area contributed by atoms with Gasteiger partial charge in [-0.25, -0.2) is 4.39 Å². The minimum atomic E-state index is -1.02. The Labute approximate surface area is 105 Å². The third-order valence-corrected chi connectivity index (χ3v) is 2.60. The fourth-order valence-electron chi connectivity index (χ4n) is 1.64. The molecule has 1 rings (SSSR count). The average Bonchev–Trinajstić information content (AvgIpc) is 2.28. The van der Waals surface area contributed by atoms with Gasteiger partial charge in [-0.1, -0.05) is 12.1 Å². The Bertz CT molecular complexity index is 409. The number of carbonyl (C=O) groups is 1. The van der Waals surface area contributed by atoms with E-state index in [4.69, 9.17) is 5.11 Å². The van der Waals surface area contributed by atoms with Crippen molar-refractivity contribution in [3.05, 3.63) is 35.1 Å². The zero-order valence-corrected chi connectivity index (χ0v) is 10.3. The summed E-state index contributed by atoms with van der Waals surface area (Å²) in [7, 11) is 0. The van der Waals surface area contributed by atoms with Gasteiger partial charge in [-0.05, 0) is 37.1 Å². The molecule has 3 N–H and O–H groups in total. The molecular formula is C13H18FNO3. The van der Waals surface area contributed by atoms with Crippen LogP contribution in [0.25, 0.3) is 0 Å². The molecule has 0 saturated carbocycles. The number of aliphatic hydroxyl groups is 1. The molecule has 0 aliphatic heterocycles. The van der Waals surface area contributed by atoms with Crippen molar-refractivity contribution in [2.24, 2.45) is 0 Å². The SMILES string of the molecule is Cc1cc(CCNCC(O)CC(=O)O)ccc1F. The summed E-state index contributed by atoms with van der Waals surface area (Å²) < 4.78 is 13.0. The second-order valence-corrected chi connectivity index (χ2v) is 4.29. The van der Waals surface area contributed by atoms with E-state index in [1.807, 2.05) is 0 Å². The maximum atomic E-state index is 13.0. The molecule has 0 aliphatic carbocycles. The highest BCUT2D eigenvalue weighted by molar-refractivity contribution is 5.67. The molecule has 0 aromatic heterocycles. The highest BCUT2D eigenvalue weighted by atomic mass is 19.1. The first-order valence-electron chi connectivity index (χ1n) is 5.84. The first-order valence-corrected chi connectivity index (χ1v) is 5.84. The summed E-state index contributed by atoms with van der Waals surface area (Å²) in [6, 6.07) is 4.94. The van der Waals surface area contributed by atoms with Crippen molar-refractivity contribution >= 4 is 5.97 Å². The highest BCUT2D eigenvalue weighted by Crippen LogP contribution is 2.09. The summed E-state index contributed by atoms with van der Waals surface area (Å²) >= 11 is 0. The Morgan fingerprint density at radius 2 is 2.22 bits per heavy atom. The van der Waals surface area contributed by atoms with Gasteiger partial charge in [0.05, 0.1) is 12.5 Å². The van der Waals surface area contributed by atoms with Gasteiger partial charge in [-0.3, -0.25) is 4.79 Å². The zero-order valence-electron chi connectivity index (χ0n) is 10.3. The van der Waals surface area contributed by atoms with Crippen molar-refractivity contribution in [1.29, 1.82) is 0 Å². The normalized spacial score (nSPS) is 12.4. The molecule has 0 bridgehead atoms. The summed E-state index contributed by atoms with van der Waals surface area (Å²) in [6.45, 7) is 2.57. The van der Waals surface area contributed by atoms with Crippen molar-refractivity contribution in [2.75, 3.05) is 13.1 Å². The van der Waals surface area contributed by atoms with Crippen molar-refractivity contribution in [3.8, 4) is 0 Å². The number of rotatable bonds is 7. The standard InChI is InChI=1S/C13H18FNO3/c1-9-6-10(2-3-12(9)14)4-5-15-8-11(16)7-13(17)18/h2-3,6,11,15-16H,4-5,7-8H2,1H3,(H,17,18). The lowest BCUT2D eigenvalue weighted by atomic mass is 10.1. The molecule has 4 nitrogen and oxygen atoms in total. The second-order valence-electron chi connectivity index (χ2n) is 4.29. The van der Waals surface area contributed by atoms with Crippen molar-refractivity contribution in [3.63, 3.8) is 0 Å². The first kappa shape index (κ1) is 14.6. The first-order chi connectivity index (χ1) is 8.49. The van der Waals surface area contributed by atoms with Gasteiger partial charge in [0, 0.05) is 6.54 Å². The van der Waals surface area contributed by atoms with Crippen LogP contribution in [0.1, 0.15) is 17.5 Å². The number of aryl methyl sites for hydroxylation is 1. The van der Waals surface area contributed by atoms with Crippen LogP contribution in [0.2, 0.25) is 0 Å². The van der Waals surface area contributed by atoms with Crippen molar-refractivity contribution < 1.29 is 19.4 Å². The average molecular weight is 255 g/mol. The van der Waals surface area contributed by atoms with E-state index in [9.17, 15) is 14.3 Å². The summed E-state index contributed by atoms with van der Waals surface area (Å²) in [5.74, 6) is -1.23. The van der Waals surface area contributed by atoms with E-state index in [1.54, 1.807) is 19.1 Å². The number of halogens is 1. The van der Waals surface area contributed by atoms with Crippen LogP contribution in [0.15, 0.2) is 18.2 Å². The highest BCUT2D eigenvalue weighted by Gasteiger charge is 2.08. The van der Waals surface area contributed by atoms with E-state index in [1.165, 1.54) is 6.07 Å². The Balaban J connectivity index is 2.25. The third kappa shape index (κ3) is 5.25. The summed E-state index contributed by atoms with van der Waals surface area (Å²) in [4.78, 5) is 10.3. The molecule has 0 amide bonds.